The number of carbonyl (C=O) groups is 1. The summed E-state index contributed by atoms with van der Waals surface area (Å²) in [5, 5.41) is 9.71. The SMILES string of the molecule is CN1CCN(C[C@@H]2CN(C(=O)CCn3ccnc3)C[C@@H]2CO)CC1. The van der Waals surface area contributed by atoms with E-state index in [1.165, 1.54) is 0 Å². The van der Waals surface area contributed by atoms with Gasteiger partial charge in [0.2, 0.25) is 5.91 Å². The number of aliphatic hydroxyl groups is 1. The quantitative estimate of drug-likeness (QED) is 0.765. The minimum atomic E-state index is 0.170. The summed E-state index contributed by atoms with van der Waals surface area (Å²) in [4.78, 5) is 23.2. The van der Waals surface area contributed by atoms with Crippen molar-refractivity contribution < 1.29 is 9.90 Å². The van der Waals surface area contributed by atoms with Crippen LogP contribution in [0.4, 0.5) is 0 Å². The topological polar surface area (TPSA) is 64.8 Å². The molecule has 0 aromatic carbocycles. The molecule has 7 nitrogen and oxygen atoms in total. The van der Waals surface area contributed by atoms with Crippen molar-refractivity contribution in [1.82, 2.24) is 24.3 Å². The van der Waals surface area contributed by atoms with Gasteiger partial charge in [-0.1, -0.05) is 0 Å². The maximum Gasteiger partial charge on any atom is 0.224 e. The number of likely N-dealkylation sites (tertiary alicyclic amines) is 1. The second kappa shape index (κ2) is 8.09. The molecule has 7 heteroatoms. The number of piperazine rings is 1. The van der Waals surface area contributed by atoms with Gasteiger partial charge in [-0.05, 0) is 13.0 Å². The molecule has 2 atom stereocenters. The van der Waals surface area contributed by atoms with Crippen LogP contribution in [0, 0.1) is 11.8 Å². The van der Waals surface area contributed by atoms with E-state index in [0.717, 1.165) is 39.3 Å². The Morgan fingerprint density at radius 2 is 1.96 bits per heavy atom. The van der Waals surface area contributed by atoms with Crippen LogP contribution in [0.3, 0.4) is 0 Å². The molecule has 2 fully saturated rings. The Bertz CT molecular complexity index is 513. The number of nitrogens with zero attached hydrogens (tertiary/aromatic N) is 5. The minimum absolute atomic E-state index is 0.170. The molecule has 2 aliphatic rings. The number of hydrogen-bond donors (Lipinski definition) is 1. The third-order valence-electron chi connectivity index (χ3n) is 5.40. The van der Waals surface area contributed by atoms with Crippen molar-refractivity contribution in [2.24, 2.45) is 11.8 Å². The molecule has 0 radical (unpaired) electrons. The van der Waals surface area contributed by atoms with Gasteiger partial charge in [-0.3, -0.25) is 4.79 Å². The van der Waals surface area contributed by atoms with Crippen molar-refractivity contribution >= 4 is 5.91 Å². The number of hydrogen-bond acceptors (Lipinski definition) is 5. The zero-order valence-corrected chi connectivity index (χ0v) is 14.5. The van der Waals surface area contributed by atoms with E-state index in [-0.39, 0.29) is 18.4 Å². The van der Waals surface area contributed by atoms with E-state index >= 15 is 0 Å². The molecule has 2 aliphatic heterocycles. The first-order valence-electron chi connectivity index (χ1n) is 8.91. The van der Waals surface area contributed by atoms with E-state index in [9.17, 15) is 9.90 Å². The Morgan fingerprint density at radius 3 is 2.62 bits per heavy atom. The van der Waals surface area contributed by atoms with Crippen LogP contribution < -0.4 is 0 Å². The Morgan fingerprint density at radius 1 is 1.21 bits per heavy atom. The largest absolute Gasteiger partial charge is 0.396 e. The van der Waals surface area contributed by atoms with E-state index in [2.05, 4.69) is 21.8 Å². The van der Waals surface area contributed by atoms with Crippen LogP contribution in [0.1, 0.15) is 6.42 Å². The van der Waals surface area contributed by atoms with Crippen molar-refractivity contribution in [2.45, 2.75) is 13.0 Å². The molecule has 0 bridgehead atoms. The summed E-state index contributed by atoms with van der Waals surface area (Å²) in [6, 6.07) is 0. The summed E-state index contributed by atoms with van der Waals surface area (Å²) in [5.41, 5.74) is 0. The maximum absolute atomic E-state index is 12.5. The number of imidazole rings is 1. The zero-order chi connectivity index (χ0) is 16.9. The van der Waals surface area contributed by atoms with Crippen LogP contribution in [0.2, 0.25) is 0 Å². The molecule has 24 heavy (non-hydrogen) atoms. The molecule has 1 amide bonds. The molecule has 0 spiro atoms. The lowest BCUT2D eigenvalue weighted by Crippen LogP contribution is -2.47. The van der Waals surface area contributed by atoms with Crippen LogP contribution in [-0.4, -0.2) is 94.7 Å². The van der Waals surface area contributed by atoms with Gasteiger partial charge in [0.05, 0.1) is 6.33 Å². The minimum Gasteiger partial charge on any atom is -0.396 e. The van der Waals surface area contributed by atoms with Gasteiger partial charge in [-0.2, -0.15) is 0 Å². The molecule has 0 saturated carbocycles. The smallest absolute Gasteiger partial charge is 0.224 e. The summed E-state index contributed by atoms with van der Waals surface area (Å²) >= 11 is 0. The average molecular weight is 335 g/mol. The lowest BCUT2D eigenvalue weighted by molar-refractivity contribution is -0.130. The van der Waals surface area contributed by atoms with Crippen molar-refractivity contribution in [3.8, 4) is 0 Å². The van der Waals surface area contributed by atoms with Gasteiger partial charge in [0, 0.05) is 83.7 Å². The molecular weight excluding hydrogens is 306 g/mol. The third-order valence-corrected chi connectivity index (χ3v) is 5.40. The lowest BCUT2D eigenvalue weighted by Gasteiger charge is -2.34. The Hall–Kier alpha value is -1.44. The fourth-order valence-electron chi connectivity index (χ4n) is 3.72. The second-order valence-electron chi connectivity index (χ2n) is 7.16. The standard InChI is InChI=1S/C17H29N5O2/c1-19-6-8-20(9-7-19)10-15-11-22(12-16(15)13-23)17(24)2-4-21-5-3-18-14-21/h3,5,14-16,23H,2,4,6-13H2,1H3/t15-,16-/m1/s1. The van der Waals surface area contributed by atoms with Gasteiger partial charge in [0.1, 0.15) is 0 Å². The maximum atomic E-state index is 12.5. The first kappa shape index (κ1) is 17.4. The summed E-state index contributed by atoms with van der Waals surface area (Å²) < 4.78 is 1.93. The van der Waals surface area contributed by atoms with Crippen LogP contribution in [0.25, 0.3) is 0 Å². The summed E-state index contributed by atoms with van der Waals surface area (Å²) in [6.07, 6.45) is 5.85. The predicted molar refractivity (Wildman–Crippen MR) is 91.4 cm³/mol. The Balaban J connectivity index is 1.48. The number of likely N-dealkylation sites (N-methyl/N-ethyl adjacent to an activating group) is 1. The van der Waals surface area contributed by atoms with Gasteiger partial charge in [-0.15, -0.1) is 0 Å². The normalized spacial score (nSPS) is 26.2. The van der Waals surface area contributed by atoms with E-state index in [1.54, 1.807) is 12.5 Å². The van der Waals surface area contributed by atoms with Crippen molar-refractivity contribution in [1.29, 1.82) is 0 Å². The van der Waals surface area contributed by atoms with Crippen LogP contribution in [0.5, 0.6) is 0 Å². The summed E-state index contributed by atoms with van der Waals surface area (Å²) in [7, 11) is 2.16. The molecule has 1 N–H and O–H groups in total. The van der Waals surface area contributed by atoms with E-state index < -0.39 is 0 Å². The van der Waals surface area contributed by atoms with E-state index in [1.807, 2.05) is 15.7 Å². The van der Waals surface area contributed by atoms with E-state index in [0.29, 0.717) is 25.4 Å². The van der Waals surface area contributed by atoms with Gasteiger partial charge in [-0.25, -0.2) is 4.98 Å². The first-order chi connectivity index (χ1) is 11.7. The summed E-state index contributed by atoms with van der Waals surface area (Å²) in [5.74, 6) is 0.778. The number of rotatable bonds is 6. The fraction of sp³-hybridized carbons (Fsp3) is 0.765. The highest BCUT2D eigenvalue weighted by Gasteiger charge is 2.35. The van der Waals surface area contributed by atoms with Gasteiger partial charge in [0.25, 0.3) is 0 Å². The van der Waals surface area contributed by atoms with Crippen molar-refractivity contribution in [3.63, 3.8) is 0 Å². The van der Waals surface area contributed by atoms with Crippen LogP contribution in [0.15, 0.2) is 18.7 Å². The molecule has 0 aliphatic carbocycles. The number of aryl methyl sites for hydroxylation is 1. The molecule has 1 aromatic heterocycles. The third kappa shape index (κ3) is 4.34. The molecule has 134 valence electrons. The zero-order valence-electron chi connectivity index (χ0n) is 14.5. The highest BCUT2D eigenvalue weighted by Crippen LogP contribution is 2.25. The Labute approximate surface area is 143 Å². The highest BCUT2D eigenvalue weighted by atomic mass is 16.3. The molecule has 2 saturated heterocycles. The molecule has 1 aromatic rings. The average Bonchev–Trinajstić information content (AvgIpc) is 3.24. The predicted octanol–water partition coefficient (Wildman–Crippen LogP) is -0.412. The van der Waals surface area contributed by atoms with Crippen molar-refractivity contribution in [2.75, 3.05) is 59.5 Å². The molecular formula is C17H29N5O2. The molecule has 0 unspecified atom stereocenters. The molecule has 3 rings (SSSR count). The number of amides is 1. The second-order valence-corrected chi connectivity index (χ2v) is 7.16. The van der Waals surface area contributed by atoms with Crippen LogP contribution in [-0.2, 0) is 11.3 Å². The van der Waals surface area contributed by atoms with Gasteiger partial charge >= 0.3 is 0 Å². The highest BCUT2D eigenvalue weighted by molar-refractivity contribution is 5.76. The lowest BCUT2D eigenvalue weighted by atomic mass is 9.96. The number of aliphatic hydroxyl groups excluding tert-OH is 1. The molecule has 3 heterocycles. The van der Waals surface area contributed by atoms with Gasteiger partial charge in [0.15, 0.2) is 0 Å². The number of aromatic nitrogens is 2. The fourth-order valence-corrected chi connectivity index (χ4v) is 3.72. The first-order valence-corrected chi connectivity index (χ1v) is 8.91. The van der Waals surface area contributed by atoms with Crippen LogP contribution >= 0.6 is 0 Å². The monoisotopic (exact) mass is 335 g/mol. The summed E-state index contributed by atoms with van der Waals surface area (Å²) in [6.45, 7) is 7.67. The van der Waals surface area contributed by atoms with Gasteiger partial charge < -0.3 is 24.4 Å². The number of carbonyl (C=O) groups excluding carboxylic acids is 1. The van der Waals surface area contributed by atoms with E-state index in [4.69, 9.17) is 0 Å². The van der Waals surface area contributed by atoms with Crippen molar-refractivity contribution in [3.05, 3.63) is 18.7 Å². The Kier molecular flexibility index (Phi) is 5.86.